The van der Waals surface area contributed by atoms with Gasteiger partial charge in [-0.2, -0.15) is 0 Å². The molecule has 2 heterocycles. The van der Waals surface area contributed by atoms with Gasteiger partial charge in [0.1, 0.15) is 5.00 Å². The van der Waals surface area contributed by atoms with Crippen molar-refractivity contribution < 1.29 is 4.79 Å². The Balaban J connectivity index is 1.92. The van der Waals surface area contributed by atoms with E-state index in [0.29, 0.717) is 20.8 Å². The quantitative estimate of drug-likeness (QED) is 0.509. The van der Waals surface area contributed by atoms with Gasteiger partial charge in [-0.25, -0.2) is 0 Å². The number of hydrogen-bond acceptors (Lipinski definition) is 4. The third-order valence-corrected chi connectivity index (χ3v) is 6.06. The number of thiophene rings is 1. The molecule has 0 saturated carbocycles. The van der Waals surface area contributed by atoms with Crippen LogP contribution in [-0.2, 0) is 0 Å². The van der Waals surface area contributed by atoms with E-state index in [1.165, 1.54) is 22.7 Å². The van der Waals surface area contributed by atoms with Gasteiger partial charge in [-0.1, -0.05) is 48.0 Å². The van der Waals surface area contributed by atoms with Crippen molar-refractivity contribution >= 4 is 43.7 Å². The zero-order valence-electron chi connectivity index (χ0n) is 14.0. The number of anilines is 1. The zero-order valence-corrected chi connectivity index (χ0v) is 15.6. The van der Waals surface area contributed by atoms with Crippen molar-refractivity contribution in [2.45, 2.75) is 6.92 Å². The Kier molecular flexibility index (Phi) is 4.41. The number of rotatable bonds is 3. The van der Waals surface area contributed by atoms with E-state index in [1.807, 2.05) is 66.9 Å². The minimum Gasteiger partial charge on any atom is -0.312 e. The first-order chi connectivity index (χ1) is 12.6. The molecule has 0 spiro atoms. The maximum Gasteiger partial charge on any atom is 0.266 e. The number of carbonyl (C=O) groups excluding carboxylic acids is 1. The molecule has 1 N–H and O–H groups in total. The van der Waals surface area contributed by atoms with Gasteiger partial charge < -0.3 is 5.32 Å². The Morgan fingerprint density at radius 2 is 1.73 bits per heavy atom. The van der Waals surface area contributed by atoms with Crippen molar-refractivity contribution in [3.8, 4) is 11.1 Å². The molecule has 0 bridgehead atoms. The minimum atomic E-state index is -0.195. The van der Waals surface area contributed by atoms with Crippen LogP contribution in [0.2, 0.25) is 0 Å². The fourth-order valence-electron chi connectivity index (χ4n) is 2.78. The van der Waals surface area contributed by atoms with Gasteiger partial charge in [0.25, 0.3) is 5.91 Å². The molecule has 0 fully saturated rings. The Morgan fingerprint density at radius 3 is 2.46 bits per heavy atom. The summed E-state index contributed by atoms with van der Waals surface area (Å²) in [4.78, 5) is 26.3. The Morgan fingerprint density at radius 1 is 0.962 bits per heavy atom. The highest BCUT2D eigenvalue weighted by molar-refractivity contribution is 7.22. The second kappa shape index (κ2) is 6.86. The summed E-state index contributed by atoms with van der Waals surface area (Å²) in [7, 11) is 0. The van der Waals surface area contributed by atoms with E-state index in [2.05, 4.69) is 5.32 Å². The number of amides is 1. The summed E-state index contributed by atoms with van der Waals surface area (Å²) >= 11 is 2.80. The van der Waals surface area contributed by atoms with Crippen molar-refractivity contribution in [2.75, 3.05) is 5.32 Å². The number of benzene rings is 2. The smallest absolute Gasteiger partial charge is 0.266 e. The van der Waals surface area contributed by atoms with Gasteiger partial charge in [-0.3, -0.25) is 9.59 Å². The van der Waals surface area contributed by atoms with Crippen LogP contribution in [-0.4, -0.2) is 5.91 Å². The molecule has 1 amide bonds. The normalized spacial score (nSPS) is 10.8. The molecule has 0 radical (unpaired) electrons. The lowest BCUT2D eigenvalue weighted by molar-refractivity contribution is 0.103. The molecule has 0 atom stereocenters. The summed E-state index contributed by atoms with van der Waals surface area (Å²) in [6.07, 6.45) is 0. The maximum absolute atomic E-state index is 13.2. The molecule has 4 aromatic rings. The summed E-state index contributed by atoms with van der Waals surface area (Å²) in [5.41, 5.74) is 2.40. The number of fused-ring (bicyclic) bond motifs is 1. The van der Waals surface area contributed by atoms with Crippen molar-refractivity contribution in [3.05, 3.63) is 86.7 Å². The van der Waals surface area contributed by atoms with Crippen LogP contribution in [0.5, 0.6) is 0 Å². The summed E-state index contributed by atoms with van der Waals surface area (Å²) in [5.74, 6) is -0.195. The first kappa shape index (κ1) is 16.7. The number of hydrogen-bond donors (Lipinski definition) is 1. The van der Waals surface area contributed by atoms with Gasteiger partial charge >= 0.3 is 0 Å². The Hall–Kier alpha value is -2.76. The van der Waals surface area contributed by atoms with Gasteiger partial charge in [0, 0.05) is 10.1 Å². The number of aryl methyl sites for hydroxylation is 1. The maximum atomic E-state index is 13.2. The van der Waals surface area contributed by atoms with Crippen molar-refractivity contribution in [1.82, 2.24) is 0 Å². The first-order valence-corrected chi connectivity index (χ1v) is 9.81. The monoisotopic (exact) mass is 377 g/mol. The highest BCUT2D eigenvalue weighted by Gasteiger charge is 2.17. The highest BCUT2D eigenvalue weighted by atomic mass is 32.1. The van der Waals surface area contributed by atoms with E-state index in [1.54, 1.807) is 6.07 Å². The van der Waals surface area contributed by atoms with Crippen LogP contribution in [0, 0.1) is 6.92 Å². The molecule has 2 aromatic heterocycles. The summed E-state index contributed by atoms with van der Waals surface area (Å²) in [5, 5.41) is 6.06. The lowest BCUT2D eigenvalue weighted by Crippen LogP contribution is -2.14. The standard InChI is InChI=1S/C21H15NO2S2/c1-13-8-10-14(11-9-13)18-19(23)15-5-2-3-6-16(15)26-21(18)22-20(24)17-7-4-12-25-17/h2-12H,1H3,(H,22,24). The van der Waals surface area contributed by atoms with Crippen LogP contribution in [0.4, 0.5) is 5.00 Å². The van der Waals surface area contributed by atoms with Crippen LogP contribution >= 0.6 is 22.7 Å². The van der Waals surface area contributed by atoms with E-state index in [0.717, 1.165) is 15.8 Å². The van der Waals surface area contributed by atoms with Crippen LogP contribution in [0.1, 0.15) is 15.2 Å². The van der Waals surface area contributed by atoms with Gasteiger partial charge in [0.2, 0.25) is 0 Å². The van der Waals surface area contributed by atoms with Crippen LogP contribution in [0.15, 0.2) is 70.8 Å². The van der Waals surface area contributed by atoms with Crippen LogP contribution in [0.3, 0.4) is 0 Å². The fourth-order valence-corrected chi connectivity index (χ4v) is 4.50. The minimum absolute atomic E-state index is 0.0651. The molecular weight excluding hydrogens is 362 g/mol. The predicted octanol–water partition coefficient (Wildman–Crippen LogP) is 5.55. The summed E-state index contributed by atoms with van der Waals surface area (Å²) < 4.78 is 0.856. The zero-order chi connectivity index (χ0) is 18.1. The second-order valence-corrected chi connectivity index (χ2v) is 7.93. The van der Waals surface area contributed by atoms with Crippen molar-refractivity contribution in [2.24, 2.45) is 0 Å². The topological polar surface area (TPSA) is 46.2 Å². The average Bonchev–Trinajstić information content (AvgIpc) is 3.18. The Bertz CT molecular complexity index is 1140. The largest absolute Gasteiger partial charge is 0.312 e. The summed E-state index contributed by atoms with van der Waals surface area (Å²) in [6.45, 7) is 2.00. The van der Waals surface area contributed by atoms with E-state index < -0.39 is 0 Å². The molecular formula is C21H15NO2S2. The van der Waals surface area contributed by atoms with Crippen molar-refractivity contribution in [1.29, 1.82) is 0 Å². The van der Waals surface area contributed by atoms with Gasteiger partial charge in [0.15, 0.2) is 5.43 Å². The van der Waals surface area contributed by atoms with Crippen LogP contribution < -0.4 is 10.7 Å². The van der Waals surface area contributed by atoms with Crippen molar-refractivity contribution in [3.63, 3.8) is 0 Å². The van der Waals surface area contributed by atoms with Gasteiger partial charge in [0.05, 0.1) is 10.4 Å². The van der Waals surface area contributed by atoms with E-state index in [4.69, 9.17) is 0 Å². The molecule has 0 aliphatic heterocycles. The molecule has 5 heteroatoms. The third-order valence-electron chi connectivity index (χ3n) is 4.11. The van der Waals surface area contributed by atoms with Gasteiger partial charge in [-0.15, -0.1) is 22.7 Å². The number of carbonyl (C=O) groups is 1. The van der Waals surface area contributed by atoms with E-state index in [9.17, 15) is 9.59 Å². The second-order valence-electron chi connectivity index (χ2n) is 5.93. The fraction of sp³-hybridized carbons (Fsp3) is 0.0476. The predicted molar refractivity (Wildman–Crippen MR) is 111 cm³/mol. The molecule has 0 aliphatic rings. The Labute approximate surface area is 158 Å². The van der Waals surface area contributed by atoms with E-state index >= 15 is 0 Å². The lowest BCUT2D eigenvalue weighted by atomic mass is 10.0. The molecule has 4 rings (SSSR count). The molecule has 0 unspecified atom stereocenters. The molecule has 26 heavy (non-hydrogen) atoms. The van der Waals surface area contributed by atoms with Crippen LogP contribution in [0.25, 0.3) is 21.2 Å². The first-order valence-electron chi connectivity index (χ1n) is 8.11. The highest BCUT2D eigenvalue weighted by Crippen LogP contribution is 2.34. The third kappa shape index (κ3) is 3.07. The molecule has 0 saturated heterocycles. The van der Waals surface area contributed by atoms with E-state index in [-0.39, 0.29) is 11.3 Å². The lowest BCUT2D eigenvalue weighted by Gasteiger charge is -2.11. The van der Waals surface area contributed by atoms with Gasteiger partial charge in [-0.05, 0) is 36.1 Å². The molecule has 2 aromatic carbocycles. The molecule has 128 valence electrons. The SMILES string of the molecule is Cc1ccc(-c2c(NC(=O)c3cccs3)sc3ccccc3c2=O)cc1. The molecule has 0 aliphatic carbocycles. The average molecular weight is 377 g/mol. The molecule has 3 nitrogen and oxygen atoms in total. The summed E-state index contributed by atoms with van der Waals surface area (Å²) in [6, 6.07) is 18.9. The number of nitrogens with one attached hydrogen (secondary N) is 1.